The van der Waals surface area contributed by atoms with Crippen LogP contribution in [0.5, 0.6) is 0 Å². The molecule has 21 heavy (non-hydrogen) atoms. The van der Waals surface area contributed by atoms with E-state index in [1.165, 1.54) is 6.42 Å². The summed E-state index contributed by atoms with van der Waals surface area (Å²) in [6, 6.07) is 18.5. The summed E-state index contributed by atoms with van der Waals surface area (Å²) in [6.45, 7) is 0. The zero-order chi connectivity index (χ0) is 13.6. The van der Waals surface area contributed by atoms with Gasteiger partial charge in [-0.1, -0.05) is 60.7 Å². The van der Waals surface area contributed by atoms with Crippen molar-refractivity contribution in [2.24, 2.45) is 23.7 Å². The molecule has 1 fully saturated rings. The van der Waals surface area contributed by atoms with Crippen molar-refractivity contribution in [1.29, 1.82) is 0 Å². The van der Waals surface area contributed by atoms with E-state index in [2.05, 4.69) is 60.7 Å². The highest BCUT2D eigenvalue weighted by atomic mass is 14.6. The average molecular weight is 270 g/mol. The second-order valence-corrected chi connectivity index (χ2v) is 7.32. The normalized spacial score (nSPS) is 40.0. The molecular weight excluding hydrogens is 252 g/mol. The molecule has 2 aromatic rings. The number of fused-ring (bicyclic) bond motifs is 2. The molecule has 0 aliphatic heterocycles. The topological polar surface area (TPSA) is 0 Å². The van der Waals surface area contributed by atoms with E-state index in [4.69, 9.17) is 0 Å². The average Bonchev–Trinajstić information content (AvgIpc) is 3.17. The third-order valence-corrected chi connectivity index (χ3v) is 6.69. The lowest BCUT2D eigenvalue weighted by atomic mass is 9.52. The van der Waals surface area contributed by atoms with Gasteiger partial charge in [-0.05, 0) is 52.3 Å². The zero-order valence-electron chi connectivity index (χ0n) is 11.9. The maximum absolute atomic E-state index is 2.53. The molecule has 4 unspecified atom stereocenters. The summed E-state index contributed by atoms with van der Waals surface area (Å²) in [7, 11) is 0. The molecule has 0 saturated heterocycles. The van der Waals surface area contributed by atoms with E-state index in [1.807, 2.05) is 0 Å². The Balaban J connectivity index is 1.70. The van der Waals surface area contributed by atoms with Gasteiger partial charge in [0.15, 0.2) is 0 Å². The Morgan fingerprint density at radius 3 is 1.33 bits per heavy atom. The first kappa shape index (κ1) is 10.8. The van der Waals surface area contributed by atoms with E-state index >= 15 is 0 Å². The smallest absolute Gasteiger partial charge is 0.0132 e. The highest BCUT2D eigenvalue weighted by molar-refractivity contribution is 5.58. The Morgan fingerprint density at radius 1 is 0.571 bits per heavy atom. The highest BCUT2D eigenvalue weighted by Crippen LogP contribution is 2.67. The van der Waals surface area contributed by atoms with E-state index < -0.39 is 0 Å². The molecule has 102 valence electrons. The summed E-state index contributed by atoms with van der Waals surface area (Å²) in [4.78, 5) is 0. The monoisotopic (exact) mass is 270 g/mol. The number of hydrogen-bond acceptors (Lipinski definition) is 0. The van der Waals surface area contributed by atoms with Gasteiger partial charge in [-0.2, -0.15) is 0 Å². The SMILES string of the molecule is C1=CC2CC1C1C3c4ccccc4C(c4ccccc43)C21. The van der Waals surface area contributed by atoms with Gasteiger partial charge in [0.25, 0.3) is 0 Å². The molecule has 0 heteroatoms. The molecule has 0 nitrogen and oxygen atoms in total. The van der Waals surface area contributed by atoms with Crippen LogP contribution >= 0.6 is 0 Å². The first-order valence-electron chi connectivity index (χ1n) is 8.29. The Bertz CT molecular complexity index is 673. The summed E-state index contributed by atoms with van der Waals surface area (Å²) >= 11 is 0. The van der Waals surface area contributed by atoms with Gasteiger partial charge < -0.3 is 0 Å². The number of rotatable bonds is 0. The largest absolute Gasteiger partial charge is 0.0848 e. The summed E-state index contributed by atoms with van der Waals surface area (Å²) in [5.74, 6) is 4.66. The molecule has 0 heterocycles. The molecule has 0 radical (unpaired) electrons. The molecule has 0 spiro atoms. The molecule has 5 aliphatic rings. The van der Waals surface area contributed by atoms with Gasteiger partial charge in [-0.25, -0.2) is 0 Å². The predicted octanol–water partition coefficient (Wildman–Crippen LogP) is 4.72. The summed E-state index contributed by atoms with van der Waals surface area (Å²) in [5, 5.41) is 0. The van der Waals surface area contributed by atoms with Crippen LogP contribution in [0, 0.1) is 23.7 Å². The Kier molecular flexibility index (Phi) is 1.80. The lowest BCUT2D eigenvalue weighted by molar-refractivity contribution is 0.214. The van der Waals surface area contributed by atoms with Crippen LogP contribution in [0.15, 0.2) is 60.7 Å². The third kappa shape index (κ3) is 1.12. The molecule has 0 N–H and O–H groups in total. The lowest BCUT2D eigenvalue weighted by Crippen LogP contribution is -2.41. The summed E-state index contributed by atoms with van der Waals surface area (Å²) in [5.41, 5.74) is 6.51. The Hall–Kier alpha value is -1.82. The minimum absolute atomic E-state index is 0.646. The summed E-state index contributed by atoms with van der Waals surface area (Å²) in [6.07, 6.45) is 6.46. The van der Waals surface area contributed by atoms with Crippen molar-refractivity contribution >= 4 is 0 Å². The number of hydrogen-bond donors (Lipinski definition) is 0. The Morgan fingerprint density at radius 2 is 0.952 bits per heavy atom. The van der Waals surface area contributed by atoms with Crippen molar-refractivity contribution in [3.63, 3.8) is 0 Å². The highest BCUT2D eigenvalue weighted by Gasteiger charge is 2.58. The first-order chi connectivity index (χ1) is 10.4. The van der Waals surface area contributed by atoms with E-state index in [0.717, 1.165) is 23.7 Å². The number of benzene rings is 2. The van der Waals surface area contributed by atoms with E-state index in [1.54, 1.807) is 22.3 Å². The molecule has 4 atom stereocenters. The second kappa shape index (κ2) is 3.50. The van der Waals surface area contributed by atoms with Crippen molar-refractivity contribution in [1.82, 2.24) is 0 Å². The van der Waals surface area contributed by atoms with Crippen LogP contribution in [-0.2, 0) is 0 Å². The molecule has 0 amide bonds. The molecule has 0 aromatic heterocycles. The predicted molar refractivity (Wildman–Crippen MR) is 84.3 cm³/mol. The Labute approximate surface area is 125 Å². The third-order valence-electron chi connectivity index (χ3n) is 6.69. The fraction of sp³-hybridized carbons (Fsp3) is 0.333. The van der Waals surface area contributed by atoms with Gasteiger partial charge in [0.2, 0.25) is 0 Å². The van der Waals surface area contributed by atoms with Gasteiger partial charge >= 0.3 is 0 Å². The fourth-order valence-electron chi connectivity index (χ4n) is 6.16. The molecule has 2 aromatic carbocycles. The molecular formula is C21H18. The molecule has 5 aliphatic carbocycles. The van der Waals surface area contributed by atoms with Gasteiger partial charge in [0, 0.05) is 11.8 Å². The zero-order valence-corrected chi connectivity index (χ0v) is 11.9. The first-order valence-corrected chi connectivity index (χ1v) is 8.29. The van der Waals surface area contributed by atoms with Gasteiger partial charge in [0.1, 0.15) is 0 Å². The minimum atomic E-state index is 0.646. The van der Waals surface area contributed by atoms with Crippen LogP contribution in [0.4, 0.5) is 0 Å². The second-order valence-electron chi connectivity index (χ2n) is 7.32. The number of allylic oxidation sites excluding steroid dienone is 2. The van der Waals surface area contributed by atoms with Crippen LogP contribution < -0.4 is 0 Å². The maximum Gasteiger partial charge on any atom is 0.0132 e. The fourth-order valence-corrected chi connectivity index (χ4v) is 6.16. The van der Waals surface area contributed by atoms with Crippen molar-refractivity contribution in [3.05, 3.63) is 82.9 Å². The van der Waals surface area contributed by atoms with Crippen LogP contribution in [0.2, 0.25) is 0 Å². The van der Waals surface area contributed by atoms with Crippen molar-refractivity contribution in [2.45, 2.75) is 18.3 Å². The van der Waals surface area contributed by atoms with Crippen LogP contribution in [0.3, 0.4) is 0 Å². The van der Waals surface area contributed by atoms with Crippen molar-refractivity contribution < 1.29 is 0 Å². The minimum Gasteiger partial charge on any atom is -0.0848 e. The van der Waals surface area contributed by atoms with E-state index in [-0.39, 0.29) is 0 Å². The van der Waals surface area contributed by atoms with Crippen molar-refractivity contribution in [3.8, 4) is 0 Å². The molecule has 7 rings (SSSR count). The van der Waals surface area contributed by atoms with Gasteiger partial charge in [0.05, 0.1) is 0 Å². The summed E-state index contributed by atoms with van der Waals surface area (Å²) < 4.78 is 0. The quantitative estimate of drug-likeness (QED) is 0.608. The lowest BCUT2D eigenvalue weighted by Gasteiger charge is -2.51. The van der Waals surface area contributed by atoms with Crippen LogP contribution in [0.25, 0.3) is 0 Å². The standard InChI is InChI=1S/C21H18/c1-2-6-15-14(5-1)20-16-7-3-4-8-17(16)21(15)19-13-10-9-12(11-13)18(19)20/h1-10,12-13,18-21H,11H2. The van der Waals surface area contributed by atoms with E-state index in [0.29, 0.717) is 11.8 Å². The van der Waals surface area contributed by atoms with E-state index in [9.17, 15) is 0 Å². The maximum atomic E-state index is 2.53. The molecule has 4 bridgehead atoms. The van der Waals surface area contributed by atoms with Gasteiger partial charge in [-0.3, -0.25) is 0 Å². The van der Waals surface area contributed by atoms with Gasteiger partial charge in [-0.15, -0.1) is 0 Å². The van der Waals surface area contributed by atoms with Crippen LogP contribution in [-0.4, -0.2) is 0 Å². The van der Waals surface area contributed by atoms with Crippen molar-refractivity contribution in [2.75, 3.05) is 0 Å². The molecule has 1 saturated carbocycles. The van der Waals surface area contributed by atoms with Crippen LogP contribution in [0.1, 0.15) is 40.5 Å².